The summed E-state index contributed by atoms with van der Waals surface area (Å²) in [5, 5.41) is 2.71. The van der Waals surface area contributed by atoms with Crippen LogP contribution in [-0.2, 0) is 20.1 Å². The molecule has 1 N–H and O–H groups in total. The van der Waals surface area contributed by atoms with Gasteiger partial charge in [0.25, 0.3) is 11.8 Å². The number of hydrogen-bond acceptors (Lipinski definition) is 5. The predicted molar refractivity (Wildman–Crippen MR) is 131 cm³/mol. The van der Waals surface area contributed by atoms with Gasteiger partial charge in [0.1, 0.15) is 5.75 Å². The average molecular weight is 459 g/mol. The number of methoxy groups -OCH3 is 1. The van der Waals surface area contributed by atoms with Gasteiger partial charge < -0.3 is 10.1 Å². The molecule has 0 saturated carbocycles. The molecule has 0 atom stereocenters. The number of ether oxygens (including phenoxy) is 1. The molecule has 0 spiro atoms. The number of hydrogen-bond donors (Lipinski definition) is 1. The van der Waals surface area contributed by atoms with Crippen LogP contribution in [0.15, 0.2) is 83.8 Å². The van der Waals surface area contributed by atoms with E-state index in [9.17, 15) is 14.4 Å². The Bertz CT molecular complexity index is 1240. The van der Waals surface area contributed by atoms with Crippen LogP contribution in [0.3, 0.4) is 0 Å². The van der Waals surface area contributed by atoms with Crippen LogP contribution in [0.4, 0.5) is 11.4 Å². The van der Waals surface area contributed by atoms with Crippen molar-refractivity contribution >= 4 is 46.4 Å². The molecule has 7 heteroatoms. The number of rotatable bonds is 7. The number of anilines is 2. The van der Waals surface area contributed by atoms with E-state index in [2.05, 4.69) is 5.32 Å². The molecule has 33 heavy (non-hydrogen) atoms. The lowest BCUT2D eigenvalue weighted by Gasteiger charge is -2.16. The van der Waals surface area contributed by atoms with Crippen LogP contribution >= 0.6 is 11.8 Å². The molecule has 3 aromatic rings. The lowest BCUT2D eigenvalue weighted by Crippen LogP contribution is -2.31. The van der Waals surface area contributed by atoms with Crippen LogP contribution in [0.2, 0.25) is 0 Å². The SMILES string of the molecule is COc1cccc(N2C(=O)C(SCc3ccccc3)=C(c3ccc(NC(C)=O)cc3)C2=O)c1. The fourth-order valence-corrected chi connectivity index (χ4v) is 4.60. The van der Waals surface area contributed by atoms with Crippen molar-refractivity contribution in [3.8, 4) is 5.75 Å². The number of nitrogens with one attached hydrogen (secondary N) is 1. The second kappa shape index (κ2) is 9.75. The van der Waals surface area contributed by atoms with Gasteiger partial charge in [-0.15, -0.1) is 11.8 Å². The second-order valence-electron chi connectivity index (χ2n) is 7.38. The van der Waals surface area contributed by atoms with Gasteiger partial charge in [0.2, 0.25) is 5.91 Å². The number of benzene rings is 3. The summed E-state index contributed by atoms with van der Waals surface area (Å²) in [4.78, 5) is 39.9. The Labute approximate surface area is 196 Å². The first-order valence-electron chi connectivity index (χ1n) is 10.3. The minimum atomic E-state index is -0.393. The highest BCUT2D eigenvalue weighted by molar-refractivity contribution is 8.03. The van der Waals surface area contributed by atoms with Crippen molar-refractivity contribution < 1.29 is 19.1 Å². The van der Waals surface area contributed by atoms with Gasteiger partial charge in [-0.1, -0.05) is 48.5 Å². The van der Waals surface area contributed by atoms with Crippen molar-refractivity contribution in [2.24, 2.45) is 0 Å². The van der Waals surface area contributed by atoms with Gasteiger partial charge in [-0.25, -0.2) is 4.90 Å². The maximum atomic E-state index is 13.5. The molecule has 0 saturated heterocycles. The first kappa shape index (κ1) is 22.4. The molecule has 0 aliphatic carbocycles. The van der Waals surface area contributed by atoms with E-state index in [0.717, 1.165) is 5.56 Å². The summed E-state index contributed by atoms with van der Waals surface area (Å²) < 4.78 is 5.27. The van der Waals surface area contributed by atoms with Crippen molar-refractivity contribution in [3.05, 3.63) is 94.9 Å². The molecule has 0 fully saturated rings. The van der Waals surface area contributed by atoms with E-state index in [1.54, 1.807) is 48.5 Å². The van der Waals surface area contributed by atoms with E-state index < -0.39 is 5.91 Å². The van der Waals surface area contributed by atoms with Crippen LogP contribution < -0.4 is 15.0 Å². The standard InChI is InChI=1S/C26H22N2O4S/c1-17(29)27-20-13-11-19(12-14-20)23-24(33-16-18-7-4-3-5-8-18)26(31)28(25(23)30)21-9-6-10-22(15-21)32-2/h3-15H,16H2,1-2H3,(H,27,29). The molecule has 3 amide bonds. The molecule has 1 aliphatic heterocycles. The molecule has 166 valence electrons. The Morgan fingerprint density at radius 1 is 0.939 bits per heavy atom. The number of imide groups is 1. The maximum absolute atomic E-state index is 13.5. The second-order valence-corrected chi connectivity index (χ2v) is 8.37. The third kappa shape index (κ3) is 4.83. The van der Waals surface area contributed by atoms with Crippen molar-refractivity contribution in [1.82, 2.24) is 0 Å². The summed E-state index contributed by atoms with van der Waals surface area (Å²) in [5.74, 6) is 0.164. The summed E-state index contributed by atoms with van der Waals surface area (Å²) in [6.45, 7) is 1.43. The monoisotopic (exact) mass is 458 g/mol. The predicted octanol–water partition coefficient (Wildman–Crippen LogP) is 4.87. The minimum Gasteiger partial charge on any atom is -0.497 e. The van der Waals surface area contributed by atoms with Crippen LogP contribution in [0, 0.1) is 0 Å². The summed E-state index contributed by atoms with van der Waals surface area (Å²) in [5.41, 5.74) is 3.08. The Morgan fingerprint density at radius 3 is 2.33 bits per heavy atom. The normalized spacial score (nSPS) is 13.5. The molecular formula is C26H22N2O4S. The summed E-state index contributed by atoms with van der Waals surface area (Å²) in [7, 11) is 1.54. The van der Waals surface area contributed by atoms with Crippen molar-refractivity contribution in [2.45, 2.75) is 12.7 Å². The smallest absolute Gasteiger partial charge is 0.272 e. The maximum Gasteiger partial charge on any atom is 0.272 e. The zero-order valence-corrected chi connectivity index (χ0v) is 19.0. The Balaban J connectivity index is 1.72. The third-order valence-corrected chi connectivity index (χ3v) is 6.22. The Hall–Kier alpha value is -3.84. The van der Waals surface area contributed by atoms with Crippen LogP contribution in [0.1, 0.15) is 18.1 Å². The Morgan fingerprint density at radius 2 is 1.67 bits per heavy atom. The van der Waals surface area contributed by atoms with E-state index in [1.807, 2.05) is 30.3 Å². The van der Waals surface area contributed by atoms with Gasteiger partial charge in [0.15, 0.2) is 0 Å². The Kier molecular flexibility index (Phi) is 6.60. The number of amides is 3. The minimum absolute atomic E-state index is 0.183. The van der Waals surface area contributed by atoms with Gasteiger partial charge in [-0.3, -0.25) is 14.4 Å². The summed E-state index contributed by atoms with van der Waals surface area (Å²) >= 11 is 1.34. The highest BCUT2D eigenvalue weighted by atomic mass is 32.2. The van der Waals surface area contributed by atoms with Crippen LogP contribution in [0.5, 0.6) is 5.75 Å². The molecule has 0 unspecified atom stereocenters. The summed E-state index contributed by atoms with van der Waals surface area (Å²) in [6.07, 6.45) is 0. The number of thioether (sulfide) groups is 1. The van der Waals surface area contributed by atoms with E-state index in [4.69, 9.17) is 4.74 Å². The van der Waals surface area contributed by atoms with Crippen molar-refractivity contribution in [2.75, 3.05) is 17.3 Å². The lowest BCUT2D eigenvalue weighted by atomic mass is 10.1. The zero-order chi connectivity index (χ0) is 23.4. The number of nitrogens with zero attached hydrogens (tertiary/aromatic N) is 1. The highest BCUT2D eigenvalue weighted by Crippen LogP contribution is 2.40. The van der Waals surface area contributed by atoms with Gasteiger partial charge in [-0.05, 0) is 35.4 Å². The molecule has 0 radical (unpaired) electrons. The third-order valence-electron chi connectivity index (χ3n) is 5.07. The zero-order valence-electron chi connectivity index (χ0n) is 18.2. The van der Waals surface area contributed by atoms with Crippen molar-refractivity contribution in [3.63, 3.8) is 0 Å². The molecule has 0 bridgehead atoms. The first-order valence-corrected chi connectivity index (χ1v) is 11.3. The first-order chi connectivity index (χ1) is 16.0. The van der Waals surface area contributed by atoms with E-state index in [-0.39, 0.29) is 11.8 Å². The van der Waals surface area contributed by atoms with E-state index in [0.29, 0.717) is 38.9 Å². The van der Waals surface area contributed by atoms with Crippen molar-refractivity contribution in [1.29, 1.82) is 0 Å². The van der Waals surface area contributed by atoms with Gasteiger partial charge in [0, 0.05) is 24.4 Å². The molecule has 4 rings (SSSR count). The van der Waals surface area contributed by atoms with Gasteiger partial charge >= 0.3 is 0 Å². The van der Waals surface area contributed by atoms with Gasteiger partial charge in [-0.2, -0.15) is 0 Å². The van der Waals surface area contributed by atoms with E-state index in [1.165, 1.54) is 30.7 Å². The van der Waals surface area contributed by atoms with E-state index >= 15 is 0 Å². The van der Waals surface area contributed by atoms with Crippen LogP contribution in [0.25, 0.3) is 5.57 Å². The average Bonchev–Trinajstić information content (AvgIpc) is 3.07. The van der Waals surface area contributed by atoms with Crippen LogP contribution in [-0.4, -0.2) is 24.8 Å². The molecule has 3 aromatic carbocycles. The number of carbonyl (C=O) groups excluding carboxylic acids is 3. The largest absolute Gasteiger partial charge is 0.497 e. The lowest BCUT2D eigenvalue weighted by molar-refractivity contribution is -0.120. The summed E-state index contributed by atoms with van der Waals surface area (Å²) in [6, 6.07) is 23.6. The highest BCUT2D eigenvalue weighted by Gasteiger charge is 2.40. The molecule has 0 aromatic heterocycles. The molecule has 1 heterocycles. The molecule has 6 nitrogen and oxygen atoms in total. The number of carbonyl (C=O) groups is 3. The van der Waals surface area contributed by atoms with Gasteiger partial charge in [0.05, 0.1) is 23.3 Å². The molecular weight excluding hydrogens is 436 g/mol. The fraction of sp³-hybridized carbons (Fsp3) is 0.115. The fourth-order valence-electron chi connectivity index (χ4n) is 3.54. The quantitative estimate of drug-likeness (QED) is 0.511. The molecule has 1 aliphatic rings. The topological polar surface area (TPSA) is 75.7 Å².